The van der Waals surface area contributed by atoms with Gasteiger partial charge < -0.3 is 4.74 Å². The summed E-state index contributed by atoms with van der Waals surface area (Å²) in [7, 11) is 0. The first-order valence-corrected chi connectivity index (χ1v) is 8.18. The summed E-state index contributed by atoms with van der Waals surface area (Å²) >= 11 is 0. The van der Waals surface area contributed by atoms with Crippen LogP contribution in [0.1, 0.15) is 0 Å². The summed E-state index contributed by atoms with van der Waals surface area (Å²) in [4.78, 5) is 0. The fraction of sp³-hybridized carbons (Fsp3) is 1.00. The molecule has 0 aliphatic heterocycles. The molecule has 0 aliphatic carbocycles. The molecule has 0 saturated heterocycles. The predicted molar refractivity (Wildman–Crippen MR) is 67.5 cm³/mol. The third-order valence-electron chi connectivity index (χ3n) is 4.23. The Balaban J connectivity index is 6.36. The Morgan fingerprint density at radius 1 is 0.385 bits per heavy atom. The second kappa shape index (κ2) is 9.37. The molecule has 1 nitrogen and oxygen atoms in total. The second-order valence-electron chi connectivity index (χ2n) is 6.98. The van der Waals surface area contributed by atoms with Gasteiger partial charge in [-0.3, -0.25) is 0 Å². The predicted octanol–water partition coefficient (Wildman–Crippen LogP) is 8.14. The Morgan fingerprint density at radius 3 is 0.974 bits per heavy atom. The average Bonchev–Trinajstić information content (AvgIpc) is 2.69. The molecule has 1 atom stereocenters. The van der Waals surface area contributed by atoms with Crippen molar-refractivity contribution in [1.29, 1.82) is 0 Å². The molecular formula is C13H3F25O. The highest BCUT2D eigenvalue weighted by Crippen LogP contribution is 2.61. The van der Waals surface area contributed by atoms with Crippen molar-refractivity contribution in [1.82, 2.24) is 0 Å². The van der Waals surface area contributed by atoms with Crippen LogP contribution < -0.4 is 0 Å². The summed E-state index contributed by atoms with van der Waals surface area (Å²) in [5.74, 6) is -66.2. The van der Waals surface area contributed by atoms with E-state index in [-0.39, 0.29) is 0 Å². The first-order chi connectivity index (χ1) is 16.4. The van der Waals surface area contributed by atoms with E-state index in [4.69, 9.17) is 0 Å². The molecule has 39 heavy (non-hydrogen) atoms. The number of hydrogen-bond acceptors (Lipinski definition) is 1. The van der Waals surface area contributed by atoms with Gasteiger partial charge in [0.25, 0.3) is 6.17 Å². The fourth-order valence-electron chi connectivity index (χ4n) is 1.91. The van der Waals surface area contributed by atoms with Gasteiger partial charge in [0.1, 0.15) is 6.61 Å². The van der Waals surface area contributed by atoms with Crippen LogP contribution in [0, 0.1) is 0 Å². The topological polar surface area (TPSA) is 9.23 Å². The van der Waals surface area contributed by atoms with Gasteiger partial charge in [0.15, 0.2) is 0 Å². The van der Waals surface area contributed by atoms with Crippen molar-refractivity contribution in [3.8, 4) is 0 Å². The highest BCUT2D eigenvalue weighted by atomic mass is 19.4. The van der Waals surface area contributed by atoms with Gasteiger partial charge >= 0.3 is 65.8 Å². The number of ether oxygens (including phenoxy) is 1. The van der Waals surface area contributed by atoms with Crippen molar-refractivity contribution in [2.24, 2.45) is 0 Å². The Bertz CT molecular complexity index is 860. The molecule has 0 aromatic rings. The third kappa shape index (κ3) is 5.32. The molecule has 0 fully saturated rings. The van der Waals surface area contributed by atoms with E-state index >= 15 is 0 Å². The zero-order valence-electron chi connectivity index (χ0n) is 16.6. The van der Waals surface area contributed by atoms with Crippen LogP contribution in [0.2, 0.25) is 0 Å². The van der Waals surface area contributed by atoms with E-state index < -0.39 is 78.6 Å². The lowest BCUT2D eigenvalue weighted by Crippen LogP contribution is -2.71. The van der Waals surface area contributed by atoms with Gasteiger partial charge in [0, 0.05) is 0 Å². The molecule has 0 N–H and O–H groups in total. The van der Waals surface area contributed by atoms with Crippen LogP contribution in [-0.2, 0) is 4.74 Å². The molecule has 236 valence electrons. The van der Waals surface area contributed by atoms with Crippen molar-refractivity contribution >= 4 is 0 Å². The van der Waals surface area contributed by atoms with Gasteiger partial charge in [-0.05, 0) is 0 Å². The summed E-state index contributed by atoms with van der Waals surface area (Å²) in [6.45, 7) is -4.66. The maximum Gasteiger partial charge on any atom is 0.460 e. The molecule has 0 aliphatic rings. The normalized spacial score (nSPS) is 17.5. The van der Waals surface area contributed by atoms with E-state index in [0.717, 1.165) is 0 Å². The minimum Gasteiger partial charge on any atom is -0.311 e. The number of alkyl halides is 25. The van der Waals surface area contributed by atoms with Crippen LogP contribution in [-0.4, -0.2) is 78.6 Å². The molecule has 26 heteroatoms. The van der Waals surface area contributed by atoms with Crippen molar-refractivity contribution in [2.75, 3.05) is 6.61 Å². The smallest absolute Gasteiger partial charge is 0.311 e. The molecule has 1 unspecified atom stereocenters. The van der Waals surface area contributed by atoms with Crippen LogP contribution in [0.25, 0.3) is 0 Å². The molecule has 0 bridgehead atoms. The molecule has 0 aromatic carbocycles. The minimum absolute atomic E-state index is 1.82. The number of hydrogen-bond donors (Lipinski definition) is 0. The maximum absolute atomic E-state index is 13.3. The highest BCUT2D eigenvalue weighted by molar-refractivity contribution is 5.10. The van der Waals surface area contributed by atoms with Gasteiger partial charge in [-0.2, -0.15) is 105 Å². The summed E-state index contributed by atoms with van der Waals surface area (Å²) in [6.07, 6.45) is -29.8. The Morgan fingerprint density at radius 2 is 0.667 bits per heavy atom. The molecule has 0 rings (SSSR count). The van der Waals surface area contributed by atoms with Crippen molar-refractivity contribution < 1.29 is 114 Å². The second-order valence-corrected chi connectivity index (χ2v) is 6.98. The zero-order chi connectivity index (χ0) is 32.5. The SMILES string of the molecule is FC(C(F)(F)OCC(F)(F)C(F)(F)C(F)(F)C(F)(F)C(F)(F)C(F)(F)F)C(F)(F)C(F)(F)C(F)(F)C(F)(F)F. The van der Waals surface area contributed by atoms with Crippen LogP contribution in [0.4, 0.5) is 110 Å². The van der Waals surface area contributed by atoms with E-state index in [1.54, 1.807) is 0 Å². The minimum atomic E-state index is -8.66. The van der Waals surface area contributed by atoms with Crippen LogP contribution in [0.3, 0.4) is 0 Å². The van der Waals surface area contributed by atoms with E-state index in [2.05, 4.69) is 0 Å². The average molecular weight is 650 g/mol. The zero-order valence-corrected chi connectivity index (χ0v) is 16.6. The molecule has 0 saturated carbocycles. The lowest BCUT2D eigenvalue weighted by Gasteiger charge is -2.40. The molecule has 0 radical (unpaired) electrons. The van der Waals surface area contributed by atoms with Gasteiger partial charge in [-0.25, -0.2) is 4.39 Å². The van der Waals surface area contributed by atoms with Crippen LogP contribution >= 0.6 is 0 Å². The molecule has 0 aromatic heterocycles. The molecule has 0 heterocycles. The third-order valence-corrected chi connectivity index (χ3v) is 4.23. The van der Waals surface area contributed by atoms with Crippen molar-refractivity contribution in [3.63, 3.8) is 0 Å². The first kappa shape index (κ1) is 37.2. The molecular weight excluding hydrogens is 647 g/mol. The van der Waals surface area contributed by atoms with Crippen molar-refractivity contribution in [2.45, 2.75) is 72.0 Å². The van der Waals surface area contributed by atoms with Crippen LogP contribution in [0.15, 0.2) is 0 Å². The highest BCUT2D eigenvalue weighted by Gasteiger charge is 2.91. The standard InChI is InChI=1S/C13H3F25O/c14-2(4(17,18)7(23,24)10(29,30)12(33,34)35)5(19,20)39-1-3(15,16)6(21,22)8(25,26)9(27,28)11(31,32)13(36,37)38/h2H,1H2. The maximum atomic E-state index is 13.3. The lowest BCUT2D eigenvalue weighted by molar-refractivity contribution is -0.447. The summed E-state index contributed by atoms with van der Waals surface area (Å²) in [6, 6.07) is 0. The monoisotopic (exact) mass is 650 g/mol. The molecule has 0 amide bonds. The Hall–Kier alpha value is -1.79. The lowest BCUT2D eigenvalue weighted by atomic mass is 9.94. The largest absolute Gasteiger partial charge is 0.460 e. The van der Waals surface area contributed by atoms with E-state index in [1.807, 2.05) is 4.74 Å². The Kier molecular flexibility index (Phi) is 8.94. The summed E-state index contributed by atoms with van der Waals surface area (Å²) in [5.41, 5.74) is 0. The van der Waals surface area contributed by atoms with Gasteiger partial charge in [0.2, 0.25) is 0 Å². The molecule has 0 spiro atoms. The summed E-state index contributed by atoms with van der Waals surface area (Å²) in [5, 5.41) is 0. The van der Waals surface area contributed by atoms with Gasteiger partial charge in [-0.1, -0.05) is 0 Å². The fourth-order valence-corrected chi connectivity index (χ4v) is 1.91. The Labute approximate surface area is 194 Å². The van der Waals surface area contributed by atoms with E-state index in [1.165, 1.54) is 0 Å². The van der Waals surface area contributed by atoms with Gasteiger partial charge in [0.05, 0.1) is 0 Å². The van der Waals surface area contributed by atoms with Gasteiger partial charge in [-0.15, -0.1) is 0 Å². The first-order valence-electron chi connectivity index (χ1n) is 8.18. The summed E-state index contributed by atoms with van der Waals surface area (Å²) < 4.78 is 321. The van der Waals surface area contributed by atoms with E-state index in [0.29, 0.717) is 0 Å². The number of halogens is 25. The number of rotatable bonds is 11. The van der Waals surface area contributed by atoms with E-state index in [9.17, 15) is 110 Å². The quantitative estimate of drug-likeness (QED) is 0.205. The van der Waals surface area contributed by atoms with Crippen molar-refractivity contribution in [3.05, 3.63) is 0 Å². The van der Waals surface area contributed by atoms with Crippen LogP contribution in [0.5, 0.6) is 0 Å².